The van der Waals surface area contributed by atoms with E-state index in [4.69, 9.17) is 9.84 Å². The van der Waals surface area contributed by atoms with Gasteiger partial charge in [0.05, 0.1) is 18.6 Å². The Bertz CT molecular complexity index is 441. The maximum absolute atomic E-state index is 11.8. The Hall–Kier alpha value is -1.27. The average molecular weight is 259 g/mol. The molecular weight excluding hydrogens is 242 g/mol. The number of rotatable bonds is 6. The van der Waals surface area contributed by atoms with Crippen LogP contribution in [-0.2, 0) is 10.0 Å². The lowest BCUT2D eigenvalue weighted by molar-refractivity contribution is 0.295. The molecule has 0 saturated carbocycles. The van der Waals surface area contributed by atoms with Crippen molar-refractivity contribution < 1.29 is 18.3 Å². The Labute approximate surface area is 102 Å². The van der Waals surface area contributed by atoms with Crippen LogP contribution in [0.5, 0.6) is 5.75 Å². The van der Waals surface area contributed by atoms with Crippen molar-refractivity contribution in [1.29, 1.82) is 0 Å². The van der Waals surface area contributed by atoms with Gasteiger partial charge in [-0.25, -0.2) is 8.42 Å². The van der Waals surface area contributed by atoms with Gasteiger partial charge in [0.15, 0.2) is 0 Å². The van der Waals surface area contributed by atoms with Crippen LogP contribution in [0, 0.1) is 0 Å². The van der Waals surface area contributed by atoms with E-state index in [1.165, 1.54) is 11.4 Å². The van der Waals surface area contributed by atoms with Gasteiger partial charge >= 0.3 is 0 Å². The molecule has 0 bridgehead atoms. The van der Waals surface area contributed by atoms with Gasteiger partial charge in [0.2, 0.25) is 10.0 Å². The third-order valence-corrected chi connectivity index (χ3v) is 4.26. The number of anilines is 1. The second-order valence-corrected chi connectivity index (χ2v) is 5.68. The lowest BCUT2D eigenvalue weighted by atomic mass is 10.3. The maximum atomic E-state index is 11.8. The lowest BCUT2D eigenvalue weighted by Gasteiger charge is -2.19. The minimum atomic E-state index is -3.36. The Kier molecular flexibility index (Phi) is 4.77. The van der Waals surface area contributed by atoms with Crippen molar-refractivity contribution in [2.45, 2.75) is 6.42 Å². The first-order valence-corrected chi connectivity index (χ1v) is 6.83. The molecule has 1 rings (SSSR count). The van der Waals surface area contributed by atoms with E-state index in [-0.39, 0.29) is 18.8 Å². The summed E-state index contributed by atoms with van der Waals surface area (Å²) < 4.78 is 29.9. The highest BCUT2D eigenvalue weighted by molar-refractivity contribution is 7.92. The molecule has 0 unspecified atom stereocenters. The summed E-state index contributed by atoms with van der Waals surface area (Å²) in [6, 6.07) is 6.76. The quantitative estimate of drug-likeness (QED) is 0.822. The summed E-state index contributed by atoms with van der Waals surface area (Å²) in [7, 11) is -0.316. The molecule has 0 heterocycles. The number of nitrogens with zero attached hydrogens (tertiary/aromatic N) is 1. The zero-order valence-corrected chi connectivity index (χ0v) is 10.8. The van der Waals surface area contributed by atoms with Crippen LogP contribution in [0.2, 0.25) is 0 Å². The van der Waals surface area contributed by atoms with E-state index in [0.29, 0.717) is 11.4 Å². The zero-order valence-electron chi connectivity index (χ0n) is 9.96. The second-order valence-electron chi connectivity index (χ2n) is 3.56. The number of sulfonamides is 1. The van der Waals surface area contributed by atoms with Crippen molar-refractivity contribution in [2.75, 3.05) is 30.8 Å². The molecule has 0 fully saturated rings. The predicted octanol–water partition coefficient (Wildman–Crippen LogP) is 0.844. The fourth-order valence-corrected chi connectivity index (χ4v) is 2.55. The summed E-state index contributed by atoms with van der Waals surface area (Å²) in [5.74, 6) is 0.612. The number of aliphatic hydroxyl groups is 1. The van der Waals surface area contributed by atoms with Crippen molar-refractivity contribution in [3.8, 4) is 5.75 Å². The van der Waals surface area contributed by atoms with E-state index in [0.717, 1.165) is 0 Å². The molecule has 0 saturated heterocycles. The predicted molar refractivity (Wildman–Crippen MR) is 66.9 cm³/mol. The van der Waals surface area contributed by atoms with Gasteiger partial charge in [0, 0.05) is 13.7 Å². The van der Waals surface area contributed by atoms with E-state index in [2.05, 4.69) is 0 Å². The number of ether oxygens (including phenoxy) is 1. The molecule has 1 N–H and O–H groups in total. The Morgan fingerprint density at radius 1 is 1.29 bits per heavy atom. The summed E-state index contributed by atoms with van der Waals surface area (Å²) in [6.45, 7) is -0.129. The average Bonchev–Trinajstić information content (AvgIpc) is 2.35. The van der Waals surface area contributed by atoms with Gasteiger partial charge in [0.1, 0.15) is 5.75 Å². The molecule has 5 nitrogen and oxygen atoms in total. The Balaban J connectivity index is 2.84. The molecule has 0 aromatic heterocycles. The Morgan fingerprint density at radius 3 is 2.35 bits per heavy atom. The molecule has 1 aromatic carbocycles. The van der Waals surface area contributed by atoms with E-state index in [1.54, 1.807) is 31.4 Å². The van der Waals surface area contributed by atoms with Crippen LogP contribution in [0.3, 0.4) is 0 Å². The summed E-state index contributed by atoms with van der Waals surface area (Å²) >= 11 is 0. The molecule has 0 amide bonds. The topological polar surface area (TPSA) is 66.8 Å². The SMILES string of the molecule is COc1ccc(N(C)S(=O)(=O)CCCO)cc1. The Morgan fingerprint density at radius 2 is 1.88 bits per heavy atom. The van der Waals surface area contributed by atoms with Crippen LogP contribution in [0.4, 0.5) is 5.69 Å². The van der Waals surface area contributed by atoms with Crippen molar-refractivity contribution in [1.82, 2.24) is 0 Å². The molecule has 0 atom stereocenters. The normalized spacial score (nSPS) is 11.2. The van der Waals surface area contributed by atoms with Crippen molar-refractivity contribution >= 4 is 15.7 Å². The minimum absolute atomic E-state index is 0.0635. The standard InChI is InChI=1S/C11H17NO4S/c1-12(17(14,15)9-3-8-13)10-4-6-11(16-2)7-5-10/h4-7,13H,3,8-9H2,1-2H3. The fourth-order valence-electron chi connectivity index (χ4n) is 1.34. The second kappa shape index (κ2) is 5.88. The molecule has 0 aliphatic carbocycles. The summed E-state index contributed by atoms with van der Waals surface area (Å²) in [6.07, 6.45) is 0.239. The molecule has 17 heavy (non-hydrogen) atoms. The molecule has 0 aliphatic rings. The van der Waals surface area contributed by atoms with Gasteiger partial charge < -0.3 is 9.84 Å². The largest absolute Gasteiger partial charge is 0.497 e. The van der Waals surface area contributed by atoms with Gasteiger partial charge in [-0.3, -0.25) is 4.31 Å². The van der Waals surface area contributed by atoms with Crippen LogP contribution in [0.15, 0.2) is 24.3 Å². The van der Waals surface area contributed by atoms with Crippen molar-refractivity contribution in [3.63, 3.8) is 0 Å². The third kappa shape index (κ3) is 3.61. The lowest BCUT2D eigenvalue weighted by Crippen LogP contribution is -2.29. The number of benzene rings is 1. The zero-order chi connectivity index (χ0) is 12.9. The summed E-state index contributed by atoms with van der Waals surface area (Å²) in [5, 5.41) is 8.65. The summed E-state index contributed by atoms with van der Waals surface area (Å²) in [5.41, 5.74) is 0.573. The maximum Gasteiger partial charge on any atom is 0.234 e. The number of methoxy groups -OCH3 is 1. The van der Waals surface area contributed by atoms with Gasteiger partial charge in [-0.05, 0) is 30.7 Å². The van der Waals surface area contributed by atoms with Crippen LogP contribution >= 0.6 is 0 Å². The van der Waals surface area contributed by atoms with Crippen molar-refractivity contribution in [3.05, 3.63) is 24.3 Å². The van der Waals surface area contributed by atoms with E-state index in [9.17, 15) is 8.42 Å². The third-order valence-electron chi connectivity index (χ3n) is 2.41. The number of aliphatic hydroxyl groups excluding tert-OH is 1. The van der Waals surface area contributed by atoms with Gasteiger partial charge in [-0.1, -0.05) is 0 Å². The molecule has 0 radical (unpaired) electrons. The smallest absolute Gasteiger partial charge is 0.234 e. The van der Waals surface area contributed by atoms with E-state index in [1.807, 2.05) is 0 Å². The van der Waals surface area contributed by atoms with Crippen LogP contribution in [0.25, 0.3) is 0 Å². The molecule has 6 heteroatoms. The molecule has 0 spiro atoms. The van der Waals surface area contributed by atoms with Gasteiger partial charge in [-0.15, -0.1) is 0 Å². The monoisotopic (exact) mass is 259 g/mol. The molecule has 0 aliphatic heterocycles. The highest BCUT2D eigenvalue weighted by Gasteiger charge is 2.17. The molecular formula is C11H17NO4S. The first-order chi connectivity index (χ1) is 8.01. The van der Waals surface area contributed by atoms with Crippen LogP contribution in [-0.4, -0.2) is 40.0 Å². The first kappa shape index (κ1) is 13.8. The molecule has 96 valence electrons. The van der Waals surface area contributed by atoms with E-state index >= 15 is 0 Å². The minimum Gasteiger partial charge on any atom is -0.497 e. The first-order valence-electron chi connectivity index (χ1n) is 5.23. The van der Waals surface area contributed by atoms with Crippen molar-refractivity contribution in [2.24, 2.45) is 0 Å². The van der Waals surface area contributed by atoms with Gasteiger partial charge in [0.25, 0.3) is 0 Å². The highest BCUT2D eigenvalue weighted by atomic mass is 32.2. The highest BCUT2D eigenvalue weighted by Crippen LogP contribution is 2.20. The van der Waals surface area contributed by atoms with E-state index < -0.39 is 10.0 Å². The van der Waals surface area contributed by atoms with Crippen LogP contribution in [0.1, 0.15) is 6.42 Å². The van der Waals surface area contributed by atoms with Crippen LogP contribution < -0.4 is 9.04 Å². The van der Waals surface area contributed by atoms with Gasteiger partial charge in [-0.2, -0.15) is 0 Å². The fraction of sp³-hybridized carbons (Fsp3) is 0.455. The number of hydrogen-bond acceptors (Lipinski definition) is 4. The molecule has 1 aromatic rings. The summed E-state index contributed by atoms with van der Waals surface area (Å²) in [4.78, 5) is 0. The number of hydrogen-bond donors (Lipinski definition) is 1.